The zero-order chi connectivity index (χ0) is 12.1. The molecule has 1 unspecified atom stereocenters. The first kappa shape index (κ1) is 13.4. The number of thioether (sulfide) groups is 1. The van der Waals surface area contributed by atoms with Crippen LogP contribution in [0.25, 0.3) is 0 Å². The lowest BCUT2D eigenvalue weighted by Gasteiger charge is -2.16. The van der Waals surface area contributed by atoms with Gasteiger partial charge in [0.05, 0.1) is 13.2 Å². The molecule has 0 amide bonds. The van der Waals surface area contributed by atoms with Crippen LogP contribution in [0.1, 0.15) is 32.4 Å². The predicted molar refractivity (Wildman–Crippen MR) is 69.2 cm³/mol. The Morgan fingerprint density at radius 3 is 2.50 bits per heavy atom. The average Bonchev–Trinajstić information content (AvgIpc) is 2.25. The average molecular weight is 240 g/mol. The summed E-state index contributed by atoms with van der Waals surface area (Å²) in [5, 5.41) is 9.79. The van der Waals surface area contributed by atoms with Crippen molar-refractivity contribution in [2.45, 2.75) is 31.8 Å². The molecule has 90 valence electrons. The van der Waals surface area contributed by atoms with Crippen LogP contribution in [0.3, 0.4) is 0 Å². The van der Waals surface area contributed by atoms with Crippen LogP contribution in [-0.2, 0) is 0 Å². The number of aliphatic hydroxyl groups excluding tert-OH is 1. The predicted octanol–water partition coefficient (Wildman–Crippen LogP) is 3.50. The Balaban J connectivity index is 2.97. The minimum Gasteiger partial charge on any atom is -0.496 e. The minimum absolute atomic E-state index is 0.495. The van der Waals surface area contributed by atoms with Gasteiger partial charge < -0.3 is 9.84 Å². The molecule has 0 spiro atoms. The first-order valence-corrected chi connectivity index (χ1v) is 6.52. The van der Waals surface area contributed by atoms with Gasteiger partial charge in [0.1, 0.15) is 5.75 Å². The molecule has 1 atom stereocenters. The van der Waals surface area contributed by atoms with Crippen LogP contribution in [-0.4, -0.2) is 18.0 Å². The van der Waals surface area contributed by atoms with E-state index in [-0.39, 0.29) is 0 Å². The van der Waals surface area contributed by atoms with E-state index in [2.05, 4.69) is 13.8 Å². The Bertz CT molecular complexity index is 335. The number of aliphatic hydroxyl groups is 1. The molecular formula is C13H20O2S. The van der Waals surface area contributed by atoms with E-state index in [9.17, 15) is 5.11 Å². The molecule has 0 saturated carbocycles. The third-order valence-corrected chi connectivity index (χ3v) is 3.74. The Morgan fingerprint density at radius 1 is 1.31 bits per heavy atom. The highest BCUT2D eigenvalue weighted by Crippen LogP contribution is 2.35. The first-order chi connectivity index (χ1) is 7.56. The van der Waals surface area contributed by atoms with E-state index in [0.717, 1.165) is 22.0 Å². The second kappa shape index (κ2) is 6.16. The molecule has 1 aromatic rings. The zero-order valence-corrected chi connectivity index (χ0v) is 11.2. The molecule has 0 aliphatic carbocycles. The maximum absolute atomic E-state index is 9.79. The van der Waals surface area contributed by atoms with E-state index in [1.54, 1.807) is 25.8 Å². The minimum atomic E-state index is -0.495. The molecule has 0 fully saturated rings. The quantitative estimate of drug-likeness (QED) is 0.799. The molecule has 2 nitrogen and oxygen atoms in total. The SMILES string of the molecule is COc1cccc(SCC(C)C)c1C(C)O. The van der Waals surface area contributed by atoms with Crippen molar-refractivity contribution in [3.05, 3.63) is 23.8 Å². The number of benzene rings is 1. The largest absolute Gasteiger partial charge is 0.496 e. The molecule has 1 N–H and O–H groups in total. The Kier molecular flexibility index (Phi) is 5.16. The van der Waals surface area contributed by atoms with Crippen molar-refractivity contribution in [3.8, 4) is 5.75 Å². The maximum Gasteiger partial charge on any atom is 0.125 e. The fraction of sp³-hybridized carbons (Fsp3) is 0.538. The number of rotatable bonds is 5. The molecule has 16 heavy (non-hydrogen) atoms. The van der Waals surface area contributed by atoms with Crippen LogP contribution >= 0.6 is 11.8 Å². The fourth-order valence-corrected chi connectivity index (χ4v) is 2.61. The molecule has 1 aromatic carbocycles. The molecule has 0 radical (unpaired) electrons. The zero-order valence-electron chi connectivity index (χ0n) is 10.4. The third-order valence-electron chi connectivity index (χ3n) is 2.24. The van der Waals surface area contributed by atoms with E-state index in [1.807, 2.05) is 18.2 Å². The van der Waals surface area contributed by atoms with Crippen molar-refractivity contribution in [3.63, 3.8) is 0 Å². The van der Waals surface area contributed by atoms with Gasteiger partial charge in [0.2, 0.25) is 0 Å². The van der Waals surface area contributed by atoms with Crippen LogP contribution in [0.5, 0.6) is 5.75 Å². The second-order valence-electron chi connectivity index (χ2n) is 4.25. The van der Waals surface area contributed by atoms with Crippen LogP contribution < -0.4 is 4.74 Å². The van der Waals surface area contributed by atoms with Gasteiger partial charge in [-0.3, -0.25) is 0 Å². The lowest BCUT2D eigenvalue weighted by atomic mass is 10.1. The topological polar surface area (TPSA) is 29.5 Å². The van der Waals surface area contributed by atoms with Crippen molar-refractivity contribution in [1.82, 2.24) is 0 Å². The van der Waals surface area contributed by atoms with E-state index < -0.39 is 6.10 Å². The monoisotopic (exact) mass is 240 g/mol. The molecule has 0 aromatic heterocycles. The molecular weight excluding hydrogens is 220 g/mol. The van der Waals surface area contributed by atoms with Crippen molar-refractivity contribution in [2.75, 3.05) is 12.9 Å². The lowest BCUT2D eigenvalue weighted by molar-refractivity contribution is 0.191. The summed E-state index contributed by atoms with van der Waals surface area (Å²) in [6.45, 7) is 6.15. The van der Waals surface area contributed by atoms with Gasteiger partial charge in [-0.25, -0.2) is 0 Å². The first-order valence-electron chi connectivity index (χ1n) is 5.54. The van der Waals surface area contributed by atoms with Crippen LogP contribution in [0.4, 0.5) is 0 Å². The standard InChI is InChI=1S/C13H20O2S/c1-9(2)8-16-12-7-5-6-11(15-4)13(12)10(3)14/h5-7,9-10,14H,8H2,1-4H3. The van der Waals surface area contributed by atoms with Gasteiger partial charge in [-0.05, 0) is 25.0 Å². The Labute approximate surface area is 102 Å². The highest BCUT2D eigenvalue weighted by molar-refractivity contribution is 7.99. The van der Waals surface area contributed by atoms with Gasteiger partial charge in [-0.15, -0.1) is 11.8 Å². The highest BCUT2D eigenvalue weighted by Gasteiger charge is 2.14. The van der Waals surface area contributed by atoms with E-state index >= 15 is 0 Å². The fourth-order valence-electron chi connectivity index (χ4n) is 1.50. The van der Waals surface area contributed by atoms with Crippen LogP contribution in [0.15, 0.2) is 23.1 Å². The summed E-state index contributed by atoms with van der Waals surface area (Å²) in [6.07, 6.45) is -0.495. The van der Waals surface area contributed by atoms with E-state index in [1.165, 1.54) is 0 Å². The van der Waals surface area contributed by atoms with Crippen molar-refractivity contribution >= 4 is 11.8 Å². The number of hydrogen-bond acceptors (Lipinski definition) is 3. The van der Waals surface area contributed by atoms with Crippen LogP contribution in [0, 0.1) is 5.92 Å². The van der Waals surface area contributed by atoms with Gasteiger partial charge >= 0.3 is 0 Å². The van der Waals surface area contributed by atoms with Crippen molar-refractivity contribution in [1.29, 1.82) is 0 Å². The van der Waals surface area contributed by atoms with Gasteiger partial charge in [0.25, 0.3) is 0 Å². The normalized spacial score (nSPS) is 12.9. The van der Waals surface area contributed by atoms with E-state index in [4.69, 9.17) is 4.74 Å². The summed E-state index contributed by atoms with van der Waals surface area (Å²) >= 11 is 1.77. The highest BCUT2D eigenvalue weighted by atomic mass is 32.2. The summed E-state index contributed by atoms with van der Waals surface area (Å²) in [6, 6.07) is 5.90. The summed E-state index contributed by atoms with van der Waals surface area (Å²) in [4.78, 5) is 1.11. The molecule has 0 saturated heterocycles. The van der Waals surface area contributed by atoms with Gasteiger partial charge in [-0.2, -0.15) is 0 Å². The molecule has 1 rings (SSSR count). The molecule has 3 heteroatoms. The number of methoxy groups -OCH3 is 1. The van der Waals surface area contributed by atoms with E-state index in [0.29, 0.717) is 5.92 Å². The van der Waals surface area contributed by atoms with Gasteiger partial charge in [-0.1, -0.05) is 19.9 Å². The molecule has 0 heterocycles. The van der Waals surface area contributed by atoms with Crippen molar-refractivity contribution in [2.24, 2.45) is 5.92 Å². The Hall–Kier alpha value is -0.670. The number of ether oxygens (including phenoxy) is 1. The third kappa shape index (κ3) is 3.42. The van der Waals surface area contributed by atoms with Gasteiger partial charge in [0.15, 0.2) is 0 Å². The van der Waals surface area contributed by atoms with Gasteiger partial charge in [0, 0.05) is 16.2 Å². The molecule has 0 bridgehead atoms. The maximum atomic E-state index is 9.79. The summed E-state index contributed by atoms with van der Waals surface area (Å²) in [7, 11) is 1.64. The Morgan fingerprint density at radius 2 is 2.00 bits per heavy atom. The summed E-state index contributed by atoms with van der Waals surface area (Å²) in [5.74, 6) is 2.45. The molecule has 0 aliphatic rings. The smallest absolute Gasteiger partial charge is 0.125 e. The van der Waals surface area contributed by atoms with Crippen molar-refractivity contribution < 1.29 is 9.84 Å². The summed E-state index contributed by atoms with van der Waals surface area (Å²) in [5.41, 5.74) is 0.899. The molecule has 0 aliphatic heterocycles. The second-order valence-corrected chi connectivity index (χ2v) is 5.31. The van der Waals surface area contributed by atoms with Crippen LogP contribution in [0.2, 0.25) is 0 Å². The number of hydrogen-bond donors (Lipinski definition) is 1. The summed E-state index contributed by atoms with van der Waals surface area (Å²) < 4.78 is 5.28. The lowest BCUT2D eigenvalue weighted by Crippen LogP contribution is -2.00.